The van der Waals surface area contributed by atoms with Crippen LogP contribution in [0.3, 0.4) is 0 Å². The molecule has 17 heavy (non-hydrogen) atoms. The summed E-state index contributed by atoms with van der Waals surface area (Å²) in [5.41, 5.74) is 1.50. The summed E-state index contributed by atoms with van der Waals surface area (Å²) in [5.74, 6) is 1.75. The van der Waals surface area contributed by atoms with Crippen molar-refractivity contribution >= 4 is 23.5 Å². The highest BCUT2D eigenvalue weighted by molar-refractivity contribution is 7.98. The van der Waals surface area contributed by atoms with Crippen LogP contribution < -0.4 is 10.6 Å². The molecule has 4 nitrogen and oxygen atoms in total. The second-order valence-corrected chi connectivity index (χ2v) is 4.72. The number of nitrogens with zero attached hydrogens (tertiary/aromatic N) is 1. The van der Waals surface area contributed by atoms with Gasteiger partial charge in [0.25, 0.3) is 5.91 Å². The number of amides is 1. The Bertz CT molecular complexity index is 382. The minimum absolute atomic E-state index is 0.0342. The van der Waals surface area contributed by atoms with E-state index in [4.69, 9.17) is 0 Å². The van der Waals surface area contributed by atoms with E-state index in [0.29, 0.717) is 5.56 Å². The van der Waals surface area contributed by atoms with Gasteiger partial charge in [-0.15, -0.1) is 0 Å². The first-order valence-electron chi connectivity index (χ1n) is 5.61. The largest absolute Gasteiger partial charge is 0.373 e. The van der Waals surface area contributed by atoms with Gasteiger partial charge in [0.15, 0.2) is 0 Å². The normalized spacial score (nSPS) is 10.1. The van der Waals surface area contributed by atoms with Crippen molar-refractivity contribution in [1.29, 1.82) is 0 Å². The number of aryl methyl sites for hydroxylation is 1. The molecule has 0 aliphatic rings. The van der Waals surface area contributed by atoms with Crippen LogP contribution in [-0.2, 0) is 0 Å². The third-order valence-corrected chi connectivity index (χ3v) is 2.98. The van der Waals surface area contributed by atoms with Crippen LogP contribution in [0.1, 0.15) is 22.5 Å². The van der Waals surface area contributed by atoms with Gasteiger partial charge < -0.3 is 10.6 Å². The third kappa shape index (κ3) is 4.65. The monoisotopic (exact) mass is 253 g/mol. The highest BCUT2D eigenvalue weighted by Crippen LogP contribution is 2.09. The zero-order valence-electron chi connectivity index (χ0n) is 10.5. The number of carbonyl (C=O) groups excluding carboxylic acids is 1. The van der Waals surface area contributed by atoms with Crippen molar-refractivity contribution in [2.75, 3.05) is 30.9 Å². The molecule has 0 radical (unpaired) electrons. The molecule has 0 bridgehead atoms. The first kappa shape index (κ1) is 13.8. The summed E-state index contributed by atoms with van der Waals surface area (Å²) in [6, 6.07) is 3.56. The molecule has 0 aliphatic carbocycles. The molecule has 1 aromatic heterocycles. The van der Waals surface area contributed by atoms with Gasteiger partial charge >= 0.3 is 0 Å². The van der Waals surface area contributed by atoms with E-state index >= 15 is 0 Å². The van der Waals surface area contributed by atoms with Crippen molar-refractivity contribution in [2.24, 2.45) is 0 Å². The van der Waals surface area contributed by atoms with Gasteiger partial charge in [-0.05, 0) is 37.5 Å². The van der Waals surface area contributed by atoms with Crippen LogP contribution >= 0.6 is 11.8 Å². The molecule has 0 spiro atoms. The summed E-state index contributed by atoms with van der Waals surface area (Å²) in [7, 11) is 1.79. The lowest BCUT2D eigenvalue weighted by Gasteiger charge is -2.07. The molecule has 0 atom stereocenters. The standard InChI is InChI=1S/C12H19N3OS/c1-9-7-10(8-11(13-2)15-9)12(16)14-5-4-6-17-3/h7-8H,4-6H2,1-3H3,(H,13,15)(H,14,16). The Labute approximate surface area is 107 Å². The number of aromatic nitrogens is 1. The van der Waals surface area contributed by atoms with E-state index in [-0.39, 0.29) is 5.91 Å². The molecule has 0 unspecified atom stereocenters. The molecule has 0 fully saturated rings. The summed E-state index contributed by atoms with van der Waals surface area (Å²) < 4.78 is 0. The van der Waals surface area contributed by atoms with Gasteiger partial charge in [0.05, 0.1) is 0 Å². The van der Waals surface area contributed by atoms with Crippen LogP contribution in [0.4, 0.5) is 5.82 Å². The molecule has 5 heteroatoms. The average molecular weight is 253 g/mol. The van der Waals surface area contributed by atoms with Gasteiger partial charge in [-0.2, -0.15) is 11.8 Å². The molecule has 1 aromatic rings. The Morgan fingerprint density at radius 2 is 2.24 bits per heavy atom. The number of rotatable bonds is 6. The van der Waals surface area contributed by atoms with Crippen LogP contribution in [0.2, 0.25) is 0 Å². The van der Waals surface area contributed by atoms with Crippen LogP contribution in [0.15, 0.2) is 12.1 Å². The van der Waals surface area contributed by atoms with Crippen LogP contribution in [0, 0.1) is 6.92 Å². The van der Waals surface area contributed by atoms with Crippen molar-refractivity contribution in [3.63, 3.8) is 0 Å². The highest BCUT2D eigenvalue weighted by atomic mass is 32.2. The third-order valence-electron chi connectivity index (χ3n) is 2.28. The topological polar surface area (TPSA) is 54.0 Å². The van der Waals surface area contributed by atoms with E-state index in [1.807, 2.05) is 6.92 Å². The van der Waals surface area contributed by atoms with Crippen molar-refractivity contribution in [1.82, 2.24) is 10.3 Å². The molecule has 1 rings (SSSR count). The van der Waals surface area contributed by atoms with Gasteiger partial charge in [-0.25, -0.2) is 4.98 Å². The van der Waals surface area contributed by atoms with Gasteiger partial charge in [0.1, 0.15) is 5.82 Å². The number of hydrogen-bond donors (Lipinski definition) is 2. The van der Waals surface area contributed by atoms with Gasteiger partial charge in [0.2, 0.25) is 0 Å². The Morgan fingerprint density at radius 3 is 2.88 bits per heavy atom. The SMILES string of the molecule is CNc1cc(C(=O)NCCCSC)cc(C)n1. The summed E-state index contributed by atoms with van der Waals surface area (Å²) in [4.78, 5) is 16.1. The number of carbonyl (C=O) groups is 1. The molecule has 0 aliphatic heterocycles. The van der Waals surface area contributed by atoms with Crippen LogP contribution in [-0.4, -0.2) is 36.5 Å². The van der Waals surface area contributed by atoms with E-state index in [9.17, 15) is 4.79 Å². The van der Waals surface area contributed by atoms with E-state index in [2.05, 4.69) is 21.9 Å². The molecule has 0 saturated carbocycles. The molecule has 2 N–H and O–H groups in total. The van der Waals surface area contributed by atoms with E-state index in [1.54, 1.807) is 30.9 Å². The number of hydrogen-bond acceptors (Lipinski definition) is 4. The highest BCUT2D eigenvalue weighted by Gasteiger charge is 2.07. The van der Waals surface area contributed by atoms with Crippen LogP contribution in [0.5, 0.6) is 0 Å². The molecule has 0 aromatic carbocycles. The molecule has 94 valence electrons. The van der Waals surface area contributed by atoms with Crippen molar-refractivity contribution in [2.45, 2.75) is 13.3 Å². The number of anilines is 1. The Morgan fingerprint density at radius 1 is 1.47 bits per heavy atom. The number of nitrogens with one attached hydrogen (secondary N) is 2. The van der Waals surface area contributed by atoms with E-state index in [1.165, 1.54) is 0 Å². The second-order valence-electron chi connectivity index (χ2n) is 3.73. The quantitative estimate of drug-likeness (QED) is 0.761. The molecular weight excluding hydrogens is 234 g/mol. The predicted molar refractivity (Wildman–Crippen MR) is 73.9 cm³/mol. The lowest BCUT2D eigenvalue weighted by Crippen LogP contribution is -2.25. The minimum Gasteiger partial charge on any atom is -0.373 e. The maximum atomic E-state index is 11.9. The summed E-state index contributed by atoms with van der Waals surface area (Å²) in [5, 5.41) is 5.85. The maximum Gasteiger partial charge on any atom is 0.251 e. The molecule has 1 amide bonds. The number of pyridine rings is 1. The smallest absolute Gasteiger partial charge is 0.251 e. The Hall–Kier alpha value is -1.23. The minimum atomic E-state index is -0.0342. The van der Waals surface area contributed by atoms with Crippen molar-refractivity contribution in [3.8, 4) is 0 Å². The molecule has 1 heterocycles. The van der Waals surface area contributed by atoms with Crippen molar-refractivity contribution in [3.05, 3.63) is 23.4 Å². The van der Waals surface area contributed by atoms with Crippen molar-refractivity contribution < 1.29 is 4.79 Å². The fourth-order valence-electron chi connectivity index (χ4n) is 1.45. The Balaban J connectivity index is 2.59. The van der Waals surface area contributed by atoms with Gasteiger partial charge in [-0.1, -0.05) is 0 Å². The lowest BCUT2D eigenvalue weighted by molar-refractivity contribution is 0.0953. The fourth-order valence-corrected chi connectivity index (χ4v) is 1.88. The average Bonchev–Trinajstić information content (AvgIpc) is 2.33. The molecular formula is C12H19N3OS. The zero-order valence-corrected chi connectivity index (χ0v) is 11.4. The summed E-state index contributed by atoms with van der Waals surface area (Å²) in [6.07, 6.45) is 3.06. The number of thioether (sulfide) groups is 1. The van der Waals surface area contributed by atoms with E-state index in [0.717, 1.165) is 30.2 Å². The first-order chi connectivity index (χ1) is 8.17. The zero-order chi connectivity index (χ0) is 12.7. The fraction of sp³-hybridized carbons (Fsp3) is 0.500. The van der Waals surface area contributed by atoms with Crippen LogP contribution in [0.25, 0.3) is 0 Å². The van der Waals surface area contributed by atoms with Gasteiger partial charge in [0, 0.05) is 24.8 Å². The van der Waals surface area contributed by atoms with E-state index < -0.39 is 0 Å². The summed E-state index contributed by atoms with van der Waals surface area (Å²) >= 11 is 1.79. The Kier molecular flexibility index (Phi) is 5.83. The predicted octanol–water partition coefficient (Wildman–Crippen LogP) is 1.91. The first-order valence-corrected chi connectivity index (χ1v) is 7.00. The lowest BCUT2D eigenvalue weighted by atomic mass is 10.2. The maximum absolute atomic E-state index is 11.9. The van der Waals surface area contributed by atoms with Gasteiger partial charge in [-0.3, -0.25) is 4.79 Å². The molecule has 0 saturated heterocycles. The second kappa shape index (κ2) is 7.17. The summed E-state index contributed by atoms with van der Waals surface area (Å²) in [6.45, 7) is 2.60.